The molecular formula is H2CrLaMnO4. The van der Waals surface area contributed by atoms with E-state index in [4.69, 9.17) is 15.9 Å². The summed E-state index contributed by atoms with van der Waals surface area (Å²) in [5, 5.41) is 0. The fourth-order valence-corrected chi connectivity index (χ4v) is 0. The van der Waals surface area contributed by atoms with Gasteiger partial charge in [0, 0.05) is 52.7 Å². The molecule has 0 fully saturated rings. The van der Waals surface area contributed by atoms with E-state index >= 15 is 0 Å². The van der Waals surface area contributed by atoms with E-state index in [0.29, 0.717) is 0 Å². The Morgan fingerprint density at radius 2 is 1.14 bits per heavy atom. The molecule has 4 nitrogen and oxygen atoms in total. The Balaban J connectivity index is -0.0000000800. The number of hydrogen-bond donors (Lipinski definition) is 2. The molecule has 7 heteroatoms. The first kappa shape index (κ1) is 15.9. The fourth-order valence-electron chi connectivity index (χ4n) is 0. The van der Waals surface area contributed by atoms with E-state index in [2.05, 4.69) is 0 Å². The van der Waals surface area contributed by atoms with Crippen LogP contribution in [-0.2, 0) is 38.3 Å². The molecule has 0 aromatic carbocycles. The standard InChI is InChI=1S/Cr.La.Mn.2H2O.2O/h;;;2*1H2;;/q+2;;;;;;/p-2. The summed E-state index contributed by atoms with van der Waals surface area (Å²) in [6, 6.07) is 0. The summed E-state index contributed by atoms with van der Waals surface area (Å²) in [7, 11) is 0. The Hall–Kier alpha value is 1.77. The molecule has 0 saturated carbocycles. The second-order valence-electron chi connectivity index (χ2n) is 0.448. The first-order valence-electron chi connectivity index (χ1n) is 0.698. The molecule has 0 aliphatic carbocycles. The van der Waals surface area contributed by atoms with Crippen molar-refractivity contribution in [3.8, 4) is 0 Å². The van der Waals surface area contributed by atoms with Crippen LogP contribution in [0.1, 0.15) is 0 Å². The zero-order valence-electron chi connectivity index (χ0n) is 3.07. The van der Waals surface area contributed by atoms with E-state index in [0.717, 1.165) is 0 Å². The maximum absolute atomic E-state index is 8.82. The maximum atomic E-state index is 8.82. The Bertz CT molecular complexity index is 94.9. The molecule has 7 heavy (non-hydrogen) atoms. The van der Waals surface area contributed by atoms with Gasteiger partial charge in [0.2, 0.25) is 0 Å². The molecular weight excluding hydrogens is 310 g/mol. The van der Waals surface area contributed by atoms with Crippen molar-refractivity contribution in [2.75, 3.05) is 0 Å². The Morgan fingerprint density at radius 1 is 1.14 bits per heavy atom. The van der Waals surface area contributed by atoms with Crippen LogP contribution in [0.3, 0.4) is 0 Å². The topological polar surface area (TPSA) is 74.6 Å². The first-order chi connectivity index (χ1) is 2.00. The van der Waals surface area contributed by atoms with Crippen LogP contribution in [0, 0.1) is 35.6 Å². The molecule has 0 aliphatic heterocycles. The molecule has 0 atom stereocenters. The van der Waals surface area contributed by atoms with Crippen molar-refractivity contribution in [3.05, 3.63) is 0 Å². The number of hydrogen-bond acceptors (Lipinski definition) is 2. The molecule has 0 heterocycles. The van der Waals surface area contributed by atoms with Gasteiger partial charge >= 0.3 is 29.5 Å². The Labute approximate surface area is 81.1 Å². The summed E-state index contributed by atoms with van der Waals surface area (Å²) >= 11 is -5.25. The zero-order valence-corrected chi connectivity index (χ0v) is 9.16. The van der Waals surface area contributed by atoms with Crippen molar-refractivity contribution in [1.29, 1.82) is 0 Å². The third-order valence-corrected chi connectivity index (χ3v) is 0. The second kappa shape index (κ2) is 5.90. The molecule has 0 rings (SSSR count). The van der Waals surface area contributed by atoms with Crippen molar-refractivity contribution >= 4 is 0 Å². The van der Waals surface area contributed by atoms with Crippen LogP contribution < -0.4 is 0 Å². The fraction of sp³-hybridized carbons (Fsp3) is 0. The van der Waals surface area contributed by atoms with Gasteiger partial charge in [-0.15, -0.1) is 0 Å². The van der Waals surface area contributed by atoms with Crippen LogP contribution in [0.5, 0.6) is 0 Å². The summed E-state index contributed by atoms with van der Waals surface area (Å²) in [6.07, 6.45) is 0. The van der Waals surface area contributed by atoms with E-state index < -0.39 is 13.6 Å². The first-order valence-corrected chi connectivity index (χ1v) is 2.88. The third-order valence-electron chi connectivity index (χ3n) is 0. The molecule has 0 aliphatic rings. The molecule has 0 aromatic rings. The van der Waals surface area contributed by atoms with Crippen molar-refractivity contribution in [3.63, 3.8) is 0 Å². The van der Waals surface area contributed by atoms with Gasteiger partial charge in [0.25, 0.3) is 0 Å². The van der Waals surface area contributed by atoms with Crippen LogP contribution in [0.15, 0.2) is 0 Å². The van der Waals surface area contributed by atoms with Crippen molar-refractivity contribution in [2.45, 2.75) is 0 Å². The van der Waals surface area contributed by atoms with Gasteiger partial charge < -0.3 is 0 Å². The van der Waals surface area contributed by atoms with Gasteiger partial charge in [0.15, 0.2) is 0 Å². The zero-order chi connectivity index (χ0) is 4.50. The van der Waals surface area contributed by atoms with Gasteiger partial charge in [0.05, 0.1) is 0 Å². The molecule has 2 N–H and O–H groups in total. The van der Waals surface area contributed by atoms with E-state index in [1.54, 1.807) is 0 Å². The van der Waals surface area contributed by atoms with Crippen LogP contribution in [0.25, 0.3) is 0 Å². The summed E-state index contributed by atoms with van der Waals surface area (Å²) in [6.45, 7) is 0. The molecule has 0 saturated heterocycles. The van der Waals surface area contributed by atoms with Gasteiger partial charge in [-0.2, -0.15) is 0 Å². The summed E-state index contributed by atoms with van der Waals surface area (Å²) in [4.78, 5) is 0. The molecule has 0 aromatic heterocycles. The van der Waals surface area contributed by atoms with E-state index in [1.807, 2.05) is 0 Å². The van der Waals surface area contributed by atoms with Gasteiger partial charge in [-0.25, -0.2) is 0 Å². The normalized spacial score (nSPS) is 8.29. The predicted octanol–water partition coefficient (Wildman–Crippen LogP) is -1.36. The Kier molecular flexibility index (Phi) is 13.4. The Morgan fingerprint density at radius 3 is 1.14 bits per heavy atom. The third kappa shape index (κ3) is 82.7. The van der Waals surface area contributed by atoms with Crippen LogP contribution in [0.4, 0.5) is 0 Å². The summed E-state index contributed by atoms with van der Waals surface area (Å²) < 4.78 is 31.9. The summed E-state index contributed by atoms with van der Waals surface area (Å²) in [5.41, 5.74) is 0. The van der Waals surface area contributed by atoms with Crippen LogP contribution >= 0.6 is 0 Å². The van der Waals surface area contributed by atoms with Gasteiger partial charge in [-0.3, -0.25) is 0 Å². The SMILES string of the molecule is [La].[Mn].[O]=[Cr](=[O])([OH])[OH]. The van der Waals surface area contributed by atoms with Crippen molar-refractivity contribution in [2.24, 2.45) is 0 Å². The van der Waals surface area contributed by atoms with Crippen LogP contribution in [0.2, 0.25) is 0 Å². The molecule has 0 spiro atoms. The van der Waals surface area contributed by atoms with Crippen LogP contribution in [-0.4, -0.2) is 8.32 Å². The van der Waals surface area contributed by atoms with Crippen molar-refractivity contribution < 1.29 is 82.2 Å². The molecule has 42 valence electrons. The van der Waals surface area contributed by atoms with E-state index in [-0.39, 0.29) is 52.7 Å². The summed E-state index contributed by atoms with van der Waals surface area (Å²) in [5.74, 6) is 0. The van der Waals surface area contributed by atoms with Gasteiger partial charge in [0.1, 0.15) is 0 Å². The van der Waals surface area contributed by atoms with Gasteiger partial charge in [-0.1, -0.05) is 0 Å². The predicted molar refractivity (Wildman–Crippen MR) is 5.81 cm³/mol. The molecule has 0 bridgehead atoms. The molecule has 2 radical (unpaired) electrons. The van der Waals surface area contributed by atoms with Gasteiger partial charge in [-0.05, 0) is 0 Å². The minimum absolute atomic E-state index is 0. The average Bonchev–Trinajstić information content (AvgIpc) is 0.722. The van der Waals surface area contributed by atoms with E-state index in [1.165, 1.54) is 0 Å². The second-order valence-corrected chi connectivity index (χ2v) is 1.85. The van der Waals surface area contributed by atoms with E-state index in [9.17, 15) is 0 Å². The quantitative estimate of drug-likeness (QED) is 0.542. The monoisotopic (exact) mass is 312 g/mol. The molecule has 0 unspecified atom stereocenters. The number of rotatable bonds is 0. The molecule has 0 amide bonds. The minimum atomic E-state index is -5.25. The van der Waals surface area contributed by atoms with Crippen molar-refractivity contribution in [1.82, 2.24) is 0 Å². The average molecular weight is 312 g/mol.